The van der Waals surface area contributed by atoms with Crippen LogP contribution >= 0.6 is 22.9 Å². The first-order valence-electron chi connectivity index (χ1n) is 12.3. The molecule has 8 nitrogen and oxygen atoms in total. The summed E-state index contributed by atoms with van der Waals surface area (Å²) in [5.74, 6) is -1.57. The Bertz CT molecular complexity index is 1280. The Balaban J connectivity index is 0.000000278. The van der Waals surface area contributed by atoms with Crippen LogP contribution in [0.2, 0.25) is 5.02 Å². The van der Waals surface area contributed by atoms with Crippen molar-refractivity contribution < 1.29 is 28.6 Å². The van der Waals surface area contributed by atoms with Crippen molar-refractivity contribution in [3.8, 4) is 21.4 Å². The Kier molecular flexibility index (Phi) is 9.06. The lowest BCUT2D eigenvalue weighted by Crippen LogP contribution is -2.37. The minimum atomic E-state index is -0.735. The quantitative estimate of drug-likeness (QED) is 0.382. The number of carbonyl (C=O) groups is 2. The normalized spacial score (nSPS) is 16.4. The number of carbonyl (C=O) groups excluding carboxylic acids is 2. The maximum absolute atomic E-state index is 14.5. The van der Waals surface area contributed by atoms with Crippen LogP contribution < -0.4 is 10.1 Å². The van der Waals surface area contributed by atoms with Crippen LogP contribution in [0.25, 0.3) is 10.4 Å². The molecule has 2 fully saturated rings. The molecule has 2 saturated heterocycles. The van der Waals surface area contributed by atoms with Crippen molar-refractivity contribution in [3.63, 3.8) is 0 Å². The largest absolute Gasteiger partial charge is 0.507 e. The summed E-state index contributed by atoms with van der Waals surface area (Å²) in [5, 5.41) is 13.9. The summed E-state index contributed by atoms with van der Waals surface area (Å²) in [6.07, 6.45) is 4.87. The van der Waals surface area contributed by atoms with Gasteiger partial charge in [0.25, 0.3) is 11.1 Å². The van der Waals surface area contributed by atoms with E-state index in [2.05, 4.69) is 10.3 Å². The molecule has 11 heteroatoms. The Morgan fingerprint density at radius 3 is 2.79 bits per heavy atom. The van der Waals surface area contributed by atoms with E-state index in [1.54, 1.807) is 24.3 Å². The zero-order valence-electron chi connectivity index (χ0n) is 21.1. The monoisotopic (exact) mass is 561 g/mol. The highest BCUT2D eigenvalue weighted by Gasteiger charge is 2.34. The maximum Gasteiger partial charge on any atom is 0.410 e. The molecule has 0 bridgehead atoms. The molecule has 2 N–H and O–H groups in total. The molecule has 0 aliphatic carbocycles. The second kappa shape index (κ2) is 12.4. The standard InChI is InChI=1S/C20H18ClFN2O3S.C7H11NO2/c1-11(2)27-20-24-10-18(28-20)15-7-16(22)14(8-17(15)25)19(26)23-9-12-3-5-13(21)6-4-12;9-7-8-4-2-1-3-6(8)5-10-7/h3-8,10-11,25H,9H2,1-2H3,(H,23,26);6H,1-5H2/t;6-/m.0/s1. The van der Waals surface area contributed by atoms with Crippen LogP contribution in [-0.4, -0.2) is 52.3 Å². The van der Waals surface area contributed by atoms with E-state index in [9.17, 15) is 19.1 Å². The van der Waals surface area contributed by atoms with E-state index >= 15 is 0 Å². The van der Waals surface area contributed by atoms with E-state index in [1.807, 2.05) is 18.7 Å². The van der Waals surface area contributed by atoms with Crippen molar-refractivity contribution in [1.29, 1.82) is 0 Å². The number of hydrogen-bond donors (Lipinski definition) is 2. The molecular formula is C27H29ClFN3O5S. The second-order valence-corrected chi connectivity index (χ2v) is 10.7. The predicted octanol–water partition coefficient (Wildman–Crippen LogP) is 6.02. The number of benzene rings is 2. The van der Waals surface area contributed by atoms with Crippen LogP contribution in [-0.2, 0) is 11.3 Å². The average Bonchev–Trinajstić information content (AvgIpc) is 3.51. The van der Waals surface area contributed by atoms with E-state index in [0.29, 0.717) is 27.7 Å². The van der Waals surface area contributed by atoms with Gasteiger partial charge >= 0.3 is 6.09 Å². The maximum atomic E-state index is 14.5. The lowest BCUT2D eigenvalue weighted by molar-refractivity contribution is 0.0946. The summed E-state index contributed by atoms with van der Waals surface area (Å²) < 4.78 is 24.9. The summed E-state index contributed by atoms with van der Waals surface area (Å²) >= 11 is 7.01. The number of amides is 2. The number of aromatic hydroxyl groups is 1. The SMILES string of the molecule is CC(C)Oc1ncc(-c2cc(F)c(C(=O)NCc3ccc(Cl)cc3)cc2O)s1.O=C1OC[C@@H]2CCCCN12. The van der Waals surface area contributed by atoms with Crippen molar-refractivity contribution in [2.45, 2.75) is 51.8 Å². The Morgan fingerprint density at radius 2 is 2.08 bits per heavy atom. The molecule has 3 heterocycles. The number of thiazole rings is 1. The molecule has 2 aromatic carbocycles. The molecule has 0 unspecified atom stereocenters. The predicted molar refractivity (Wildman–Crippen MR) is 143 cm³/mol. The van der Waals surface area contributed by atoms with Crippen LogP contribution in [0.3, 0.4) is 0 Å². The summed E-state index contributed by atoms with van der Waals surface area (Å²) in [6, 6.07) is 9.58. The van der Waals surface area contributed by atoms with Gasteiger partial charge in [0, 0.05) is 29.9 Å². The number of nitrogens with zero attached hydrogens (tertiary/aromatic N) is 2. The topological polar surface area (TPSA) is 101 Å². The first-order chi connectivity index (χ1) is 18.2. The Morgan fingerprint density at radius 1 is 1.32 bits per heavy atom. The van der Waals surface area contributed by atoms with Crippen LogP contribution in [0.1, 0.15) is 49.0 Å². The van der Waals surface area contributed by atoms with Crippen molar-refractivity contribution >= 4 is 34.9 Å². The lowest BCUT2D eigenvalue weighted by atomic mass is 10.0. The smallest absolute Gasteiger partial charge is 0.410 e. The fourth-order valence-electron chi connectivity index (χ4n) is 4.12. The number of phenols is 1. The van der Waals surface area contributed by atoms with Gasteiger partial charge in [0.1, 0.15) is 18.2 Å². The van der Waals surface area contributed by atoms with Crippen LogP contribution in [0, 0.1) is 5.82 Å². The number of hydrogen-bond acceptors (Lipinski definition) is 7. The second-order valence-electron chi connectivity index (χ2n) is 9.24. The molecule has 2 aliphatic rings. The highest BCUT2D eigenvalue weighted by molar-refractivity contribution is 7.16. The molecule has 1 atom stereocenters. The van der Waals surface area contributed by atoms with Gasteiger partial charge in [-0.3, -0.25) is 4.79 Å². The van der Waals surface area contributed by atoms with E-state index in [0.717, 1.165) is 37.1 Å². The fourth-order valence-corrected chi connectivity index (χ4v) is 5.16. The average molecular weight is 562 g/mol. The van der Waals surface area contributed by atoms with Gasteiger partial charge in [-0.2, -0.15) is 0 Å². The van der Waals surface area contributed by atoms with Gasteiger partial charge in [-0.15, -0.1) is 0 Å². The van der Waals surface area contributed by atoms with Crippen molar-refractivity contribution in [1.82, 2.24) is 15.2 Å². The first kappa shape index (κ1) is 27.7. The summed E-state index contributed by atoms with van der Waals surface area (Å²) in [6.45, 7) is 5.48. The highest BCUT2D eigenvalue weighted by atomic mass is 35.5. The molecule has 5 rings (SSSR count). The summed E-state index contributed by atoms with van der Waals surface area (Å²) in [4.78, 5) is 29.7. The third-order valence-corrected chi connectivity index (χ3v) is 7.22. The third-order valence-electron chi connectivity index (χ3n) is 6.04. The molecule has 0 spiro atoms. The van der Waals surface area contributed by atoms with E-state index in [4.69, 9.17) is 21.1 Å². The number of halogens is 2. The molecule has 0 radical (unpaired) electrons. The lowest BCUT2D eigenvalue weighted by Gasteiger charge is -2.25. The van der Waals surface area contributed by atoms with Gasteiger partial charge in [0.2, 0.25) is 0 Å². The number of fused-ring (bicyclic) bond motifs is 1. The van der Waals surface area contributed by atoms with Crippen molar-refractivity contribution in [3.05, 3.63) is 64.6 Å². The molecule has 2 aliphatic heterocycles. The minimum Gasteiger partial charge on any atom is -0.507 e. The number of rotatable bonds is 6. The molecule has 0 saturated carbocycles. The van der Waals surface area contributed by atoms with Gasteiger partial charge in [-0.1, -0.05) is 35.1 Å². The molecule has 2 amide bonds. The fraction of sp³-hybridized carbons (Fsp3) is 0.370. The Labute approximate surface area is 229 Å². The highest BCUT2D eigenvalue weighted by Crippen LogP contribution is 2.37. The van der Waals surface area contributed by atoms with E-state index in [-0.39, 0.29) is 35.6 Å². The number of nitrogens with one attached hydrogen (secondary N) is 1. The van der Waals surface area contributed by atoms with Gasteiger partial charge in [0.15, 0.2) is 0 Å². The number of phenolic OH excluding ortho intramolecular Hbond substituents is 1. The minimum absolute atomic E-state index is 0.0453. The van der Waals surface area contributed by atoms with Crippen LogP contribution in [0.15, 0.2) is 42.6 Å². The zero-order valence-corrected chi connectivity index (χ0v) is 22.7. The third kappa shape index (κ3) is 6.93. The molecular weight excluding hydrogens is 533 g/mol. The van der Waals surface area contributed by atoms with Gasteiger partial charge in [-0.05, 0) is 62.9 Å². The van der Waals surface area contributed by atoms with Gasteiger partial charge < -0.3 is 24.8 Å². The summed E-state index contributed by atoms with van der Waals surface area (Å²) in [7, 11) is 0. The van der Waals surface area contributed by atoms with Gasteiger partial charge in [-0.25, -0.2) is 14.2 Å². The molecule has 3 aromatic rings. The number of piperidine rings is 1. The van der Waals surface area contributed by atoms with E-state index < -0.39 is 11.7 Å². The van der Waals surface area contributed by atoms with E-state index in [1.165, 1.54) is 24.0 Å². The number of aromatic nitrogens is 1. The molecule has 202 valence electrons. The first-order valence-corrected chi connectivity index (χ1v) is 13.5. The van der Waals surface area contributed by atoms with Gasteiger partial charge in [0.05, 0.1) is 22.6 Å². The molecule has 38 heavy (non-hydrogen) atoms. The van der Waals surface area contributed by atoms with Crippen LogP contribution in [0.4, 0.5) is 9.18 Å². The summed E-state index contributed by atoms with van der Waals surface area (Å²) in [5.41, 5.74) is 0.836. The number of ether oxygens (including phenoxy) is 2. The van der Waals surface area contributed by atoms with Crippen LogP contribution in [0.5, 0.6) is 10.9 Å². The zero-order chi connectivity index (χ0) is 27.2. The Hall–Kier alpha value is -3.37. The van der Waals surface area contributed by atoms with Crippen molar-refractivity contribution in [2.75, 3.05) is 13.2 Å². The molecule has 1 aromatic heterocycles. The van der Waals surface area contributed by atoms with Crippen molar-refractivity contribution in [2.24, 2.45) is 0 Å². The number of cyclic esters (lactones) is 1.